The van der Waals surface area contributed by atoms with Crippen LogP contribution in [0.4, 0.5) is 5.69 Å². The molecule has 0 N–H and O–H groups in total. The van der Waals surface area contributed by atoms with Crippen molar-refractivity contribution in [2.75, 3.05) is 20.8 Å². The molecule has 3 aromatic carbocycles. The summed E-state index contributed by atoms with van der Waals surface area (Å²) >= 11 is 13.5. The van der Waals surface area contributed by atoms with Crippen molar-refractivity contribution in [2.24, 2.45) is 4.99 Å². The second kappa shape index (κ2) is 12.4. The zero-order valence-corrected chi connectivity index (χ0v) is 23.2. The molecule has 4 rings (SSSR count). The molecule has 1 aliphatic heterocycles. The number of hydrogen-bond acceptors (Lipinski definition) is 7. The lowest BCUT2D eigenvalue weighted by atomic mass is 10.1. The molecule has 0 unspecified atom stereocenters. The van der Waals surface area contributed by atoms with Gasteiger partial charge in [-0.3, -0.25) is 9.69 Å². The van der Waals surface area contributed by atoms with Crippen LogP contribution in [0.5, 0.6) is 11.5 Å². The number of amides is 1. The zero-order valence-electron chi connectivity index (χ0n) is 20.9. The number of aliphatic imine (C=N–C) groups is 1. The van der Waals surface area contributed by atoms with Crippen LogP contribution in [-0.2, 0) is 16.1 Å². The van der Waals surface area contributed by atoms with Crippen LogP contribution in [0.25, 0.3) is 6.08 Å². The number of ether oxygens (including phenoxy) is 3. The van der Waals surface area contributed by atoms with Gasteiger partial charge >= 0.3 is 5.97 Å². The molecule has 3 aromatic rings. The standard InChI is InChI=1S/C28H24Cl2N2O5S/c1-4-36-24-12-17(8-11-23(24)37-16-19-9-10-20(29)15-22(19)30)13-25-26(33)32(2)28(38-25)31-21-7-5-6-18(14-21)27(34)35-3/h5-15H,4,16H2,1-3H3. The van der Waals surface area contributed by atoms with Crippen molar-refractivity contribution < 1.29 is 23.8 Å². The van der Waals surface area contributed by atoms with Crippen LogP contribution in [0.15, 0.2) is 70.6 Å². The number of hydrogen-bond donors (Lipinski definition) is 0. The molecule has 7 nitrogen and oxygen atoms in total. The van der Waals surface area contributed by atoms with Crippen molar-refractivity contribution in [3.05, 3.63) is 92.3 Å². The molecule has 196 valence electrons. The molecule has 0 bridgehead atoms. The molecule has 1 fully saturated rings. The molecule has 1 aliphatic rings. The Hall–Kier alpha value is -3.46. The van der Waals surface area contributed by atoms with E-state index in [4.69, 9.17) is 37.4 Å². The minimum atomic E-state index is -0.454. The summed E-state index contributed by atoms with van der Waals surface area (Å²) in [6.07, 6.45) is 1.78. The molecule has 10 heteroatoms. The van der Waals surface area contributed by atoms with Gasteiger partial charge in [-0.15, -0.1) is 0 Å². The van der Waals surface area contributed by atoms with E-state index in [-0.39, 0.29) is 12.5 Å². The second-order valence-electron chi connectivity index (χ2n) is 8.07. The normalized spacial score (nSPS) is 15.3. The molecular weight excluding hydrogens is 547 g/mol. The fourth-order valence-electron chi connectivity index (χ4n) is 3.53. The molecular formula is C28H24Cl2N2O5S. The van der Waals surface area contributed by atoms with Crippen molar-refractivity contribution in [1.29, 1.82) is 0 Å². The zero-order chi connectivity index (χ0) is 27.2. The highest BCUT2D eigenvalue weighted by molar-refractivity contribution is 8.18. The van der Waals surface area contributed by atoms with Gasteiger partial charge in [0.15, 0.2) is 16.7 Å². The number of likely N-dealkylation sites (N-methyl/N-ethyl adjacent to an activating group) is 1. The number of rotatable bonds is 8. The van der Waals surface area contributed by atoms with Crippen molar-refractivity contribution in [3.8, 4) is 11.5 Å². The van der Waals surface area contributed by atoms with E-state index < -0.39 is 5.97 Å². The third kappa shape index (κ3) is 6.51. The first-order chi connectivity index (χ1) is 18.3. The van der Waals surface area contributed by atoms with Crippen molar-refractivity contribution in [2.45, 2.75) is 13.5 Å². The summed E-state index contributed by atoms with van der Waals surface area (Å²) in [4.78, 5) is 31.3. The van der Waals surface area contributed by atoms with Crippen LogP contribution in [-0.4, -0.2) is 42.7 Å². The fraction of sp³-hybridized carbons (Fsp3) is 0.179. The van der Waals surface area contributed by atoms with E-state index in [1.807, 2.05) is 25.1 Å². The summed E-state index contributed by atoms with van der Waals surface area (Å²) in [6, 6.07) is 17.4. The highest BCUT2D eigenvalue weighted by Crippen LogP contribution is 2.36. The molecule has 0 aliphatic carbocycles. The molecule has 0 spiro atoms. The minimum absolute atomic E-state index is 0.187. The Bertz CT molecular complexity index is 1440. The number of amidine groups is 1. The topological polar surface area (TPSA) is 77.4 Å². The SMILES string of the molecule is CCOc1cc(C=C2SC(=Nc3cccc(C(=O)OC)c3)N(C)C2=O)ccc1OCc1ccc(Cl)cc1Cl. The van der Waals surface area contributed by atoms with Gasteiger partial charge in [-0.2, -0.15) is 0 Å². The van der Waals surface area contributed by atoms with Gasteiger partial charge in [-0.1, -0.05) is 41.4 Å². The molecule has 0 aromatic heterocycles. The van der Waals surface area contributed by atoms with E-state index in [1.54, 1.807) is 55.6 Å². The van der Waals surface area contributed by atoms with E-state index >= 15 is 0 Å². The van der Waals surface area contributed by atoms with Gasteiger partial charge in [0, 0.05) is 22.7 Å². The lowest BCUT2D eigenvalue weighted by Gasteiger charge is -2.13. The summed E-state index contributed by atoms with van der Waals surface area (Å²) in [5.74, 6) is 0.456. The third-order valence-corrected chi connectivity index (χ3v) is 7.11. The van der Waals surface area contributed by atoms with Crippen molar-refractivity contribution in [1.82, 2.24) is 4.90 Å². The van der Waals surface area contributed by atoms with Crippen LogP contribution in [0.1, 0.15) is 28.4 Å². The third-order valence-electron chi connectivity index (χ3n) is 5.46. The Balaban J connectivity index is 1.54. The number of esters is 1. The Labute approximate surface area is 235 Å². The number of benzene rings is 3. The summed E-state index contributed by atoms with van der Waals surface area (Å²) in [6.45, 7) is 2.57. The van der Waals surface area contributed by atoms with Crippen LogP contribution in [0.2, 0.25) is 10.0 Å². The van der Waals surface area contributed by atoms with E-state index in [9.17, 15) is 9.59 Å². The number of nitrogens with zero attached hydrogens (tertiary/aromatic N) is 2. The Morgan fingerprint density at radius 1 is 1.05 bits per heavy atom. The first-order valence-electron chi connectivity index (χ1n) is 11.6. The molecule has 0 atom stereocenters. The van der Waals surface area contributed by atoms with Crippen LogP contribution in [0.3, 0.4) is 0 Å². The van der Waals surface area contributed by atoms with E-state index in [0.717, 1.165) is 11.1 Å². The van der Waals surface area contributed by atoms with Gasteiger partial charge in [-0.25, -0.2) is 9.79 Å². The molecule has 0 radical (unpaired) electrons. The molecule has 1 heterocycles. The number of thioether (sulfide) groups is 1. The van der Waals surface area contributed by atoms with Gasteiger partial charge in [0.1, 0.15) is 6.61 Å². The highest BCUT2D eigenvalue weighted by atomic mass is 35.5. The van der Waals surface area contributed by atoms with Crippen molar-refractivity contribution >= 4 is 63.8 Å². The summed E-state index contributed by atoms with van der Waals surface area (Å²) < 4.78 is 16.5. The van der Waals surface area contributed by atoms with Gasteiger partial charge < -0.3 is 14.2 Å². The number of carbonyl (C=O) groups is 2. The Morgan fingerprint density at radius 2 is 1.87 bits per heavy atom. The molecule has 1 amide bonds. The van der Waals surface area contributed by atoms with E-state index in [0.29, 0.717) is 49.5 Å². The van der Waals surface area contributed by atoms with Gasteiger partial charge in [0.05, 0.1) is 29.9 Å². The minimum Gasteiger partial charge on any atom is -0.490 e. The van der Waals surface area contributed by atoms with Gasteiger partial charge in [-0.05, 0) is 72.8 Å². The van der Waals surface area contributed by atoms with Gasteiger partial charge in [0.25, 0.3) is 5.91 Å². The summed E-state index contributed by atoms with van der Waals surface area (Å²) in [5, 5.41) is 1.57. The molecule has 0 saturated carbocycles. The predicted octanol–water partition coefficient (Wildman–Crippen LogP) is 6.99. The van der Waals surface area contributed by atoms with Crippen LogP contribution < -0.4 is 9.47 Å². The fourth-order valence-corrected chi connectivity index (χ4v) is 4.98. The van der Waals surface area contributed by atoms with E-state index in [1.165, 1.54) is 23.8 Å². The largest absolute Gasteiger partial charge is 0.490 e. The lowest BCUT2D eigenvalue weighted by molar-refractivity contribution is -0.121. The summed E-state index contributed by atoms with van der Waals surface area (Å²) in [7, 11) is 2.98. The Kier molecular flexibility index (Phi) is 8.99. The van der Waals surface area contributed by atoms with Crippen molar-refractivity contribution in [3.63, 3.8) is 0 Å². The predicted molar refractivity (Wildman–Crippen MR) is 152 cm³/mol. The number of carbonyl (C=O) groups excluding carboxylic acids is 2. The first-order valence-corrected chi connectivity index (χ1v) is 13.1. The maximum atomic E-state index is 12.9. The Morgan fingerprint density at radius 3 is 2.61 bits per heavy atom. The summed E-state index contributed by atoms with van der Waals surface area (Å²) in [5.41, 5.74) is 2.48. The van der Waals surface area contributed by atoms with Crippen LogP contribution >= 0.6 is 35.0 Å². The van der Waals surface area contributed by atoms with Crippen LogP contribution in [0, 0.1) is 0 Å². The highest BCUT2D eigenvalue weighted by Gasteiger charge is 2.30. The lowest BCUT2D eigenvalue weighted by Crippen LogP contribution is -2.23. The first kappa shape index (κ1) is 27.6. The second-order valence-corrected chi connectivity index (χ2v) is 9.93. The maximum absolute atomic E-state index is 12.9. The monoisotopic (exact) mass is 570 g/mol. The molecule has 1 saturated heterocycles. The number of halogens is 2. The average molecular weight is 571 g/mol. The average Bonchev–Trinajstić information content (AvgIpc) is 3.16. The molecule has 38 heavy (non-hydrogen) atoms. The smallest absolute Gasteiger partial charge is 0.337 e. The quantitative estimate of drug-likeness (QED) is 0.214. The van der Waals surface area contributed by atoms with Gasteiger partial charge in [0.2, 0.25) is 0 Å². The number of methoxy groups -OCH3 is 1. The maximum Gasteiger partial charge on any atom is 0.337 e. The van der Waals surface area contributed by atoms with E-state index in [2.05, 4.69) is 4.99 Å².